The van der Waals surface area contributed by atoms with Crippen LogP contribution in [0.5, 0.6) is 0 Å². The van der Waals surface area contributed by atoms with E-state index in [0.717, 1.165) is 79.2 Å². The van der Waals surface area contributed by atoms with Crippen LogP contribution in [0.2, 0.25) is 0 Å². The van der Waals surface area contributed by atoms with Gasteiger partial charge in [-0.25, -0.2) is 0 Å². The van der Waals surface area contributed by atoms with Gasteiger partial charge in [0.15, 0.2) is 0 Å². The van der Waals surface area contributed by atoms with Crippen LogP contribution in [0.4, 0.5) is 11.4 Å². The standard InChI is InChI=1S/C35H44N4O/c1-6-7-10-26(3)28(5)34(36)33-23-30(16-15-27(33)4)37-35(40)32-12-9-8-11-29(32)24-38-19-21-39(22-20-38)31-17-13-25(2)14-18-31/h8-18,23H,6-7,19-22,24,36H2,1-5H3,(H,37,40)/b26-10+,34-28+. The van der Waals surface area contributed by atoms with E-state index in [2.05, 4.69) is 86.1 Å². The zero-order valence-corrected chi connectivity index (χ0v) is 24.8. The molecule has 210 valence electrons. The van der Waals surface area contributed by atoms with E-state index in [1.165, 1.54) is 16.8 Å². The Morgan fingerprint density at radius 3 is 2.33 bits per heavy atom. The van der Waals surface area contributed by atoms with E-state index in [4.69, 9.17) is 5.73 Å². The molecule has 3 aromatic rings. The van der Waals surface area contributed by atoms with E-state index in [-0.39, 0.29) is 5.91 Å². The first-order valence-corrected chi connectivity index (χ1v) is 14.4. The van der Waals surface area contributed by atoms with Gasteiger partial charge in [-0.3, -0.25) is 9.69 Å². The van der Waals surface area contributed by atoms with E-state index in [1.807, 2.05) is 36.4 Å². The van der Waals surface area contributed by atoms with Crippen LogP contribution >= 0.6 is 0 Å². The quantitative estimate of drug-likeness (QED) is 0.281. The normalized spacial score (nSPS) is 15.1. The van der Waals surface area contributed by atoms with Gasteiger partial charge in [0.2, 0.25) is 0 Å². The SMILES string of the molecule is CCC/C=C(C)/C(C)=C(/N)c1cc(NC(=O)c2ccccc2CN2CCN(c3ccc(C)cc3)CC2)ccc1C. The predicted molar refractivity (Wildman–Crippen MR) is 170 cm³/mol. The van der Waals surface area contributed by atoms with Gasteiger partial charge in [0, 0.05) is 60.9 Å². The highest BCUT2D eigenvalue weighted by molar-refractivity contribution is 6.05. The van der Waals surface area contributed by atoms with E-state index in [0.29, 0.717) is 5.56 Å². The molecule has 0 unspecified atom stereocenters. The van der Waals surface area contributed by atoms with Gasteiger partial charge < -0.3 is 16.0 Å². The Morgan fingerprint density at radius 2 is 1.62 bits per heavy atom. The number of amides is 1. The molecule has 3 aromatic carbocycles. The fourth-order valence-electron chi connectivity index (χ4n) is 5.16. The Kier molecular flexibility index (Phi) is 9.84. The van der Waals surface area contributed by atoms with Gasteiger partial charge in [-0.15, -0.1) is 0 Å². The lowest BCUT2D eigenvalue weighted by Gasteiger charge is -2.36. The topological polar surface area (TPSA) is 61.6 Å². The highest BCUT2D eigenvalue weighted by Crippen LogP contribution is 2.26. The van der Waals surface area contributed by atoms with Gasteiger partial charge in [0.25, 0.3) is 5.91 Å². The Hall–Kier alpha value is -3.83. The van der Waals surface area contributed by atoms with Crippen molar-refractivity contribution in [1.82, 2.24) is 4.90 Å². The molecule has 4 rings (SSSR count). The molecule has 0 radical (unpaired) electrons. The summed E-state index contributed by atoms with van der Waals surface area (Å²) in [5.41, 5.74) is 16.8. The van der Waals surface area contributed by atoms with Crippen molar-refractivity contribution in [2.75, 3.05) is 36.4 Å². The van der Waals surface area contributed by atoms with Crippen LogP contribution in [0.25, 0.3) is 5.70 Å². The maximum Gasteiger partial charge on any atom is 0.255 e. The lowest BCUT2D eigenvalue weighted by atomic mass is 9.97. The van der Waals surface area contributed by atoms with Crippen molar-refractivity contribution in [2.24, 2.45) is 5.73 Å². The summed E-state index contributed by atoms with van der Waals surface area (Å²) in [6.07, 6.45) is 4.38. The molecule has 40 heavy (non-hydrogen) atoms. The number of aryl methyl sites for hydroxylation is 2. The summed E-state index contributed by atoms with van der Waals surface area (Å²) in [5.74, 6) is -0.0954. The monoisotopic (exact) mass is 536 g/mol. The van der Waals surface area contributed by atoms with Crippen LogP contribution in [-0.2, 0) is 6.54 Å². The number of unbranched alkanes of at least 4 members (excludes halogenated alkanes) is 1. The molecule has 1 aliphatic rings. The van der Waals surface area contributed by atoms with Crippen LogP contribution in [0.1, 0.15) is 66.2 Å². The van der Waals surface area contributed by atoms with E-state index in [1.54, 1.807) is 0 Å². The van der Waals surface area contributed by atoms with Gasteiger partial charge in [-0.2, -0.15) is 0 Å². The molecule has 3 N–H and O–H groups in total. The molecule has 0 saturated carbocycles. The largest absolute Gasteiger partial charge is 0.398 e. The summed E-state index contributed by atoms with van der Waals surface area (Å²) >= 11 is 0. The minimum Gasteiger partial charge on any atom is -0.398 e. The molecular formula is C35H44N4O. The third-order valence-electron chi connectivity index (χ3n) is 7.95. The molecule has 0 spiro atoms. The summed E-state index contributed by atoms with van der Waals surface area (Å²) in [6.45, 7) is 15.2. The van der Waals surface area contributed by atoms with Crippen molar-refractivity contribution in [3.8, 4) is 0 Å². The highest BCUT2D eigenvalue weighted by atomic mass is 16.1. The van der Waals surface area contributed by atoms with Crippen LogP contribution in [0.3, 0.4) is 0 Å². The zero-order valence-electron chi connectivity index (χ0n) is 24.8. The first-order valence-electron chi connectivity index (χ1n) is 14.4. The molecule has 0 aromatic heterocycles. The minimum atomic E-state index is -0.0954. The number of piperazine rings is 1. The van der Waals surface area contributed by atoms with Crippen LogP contribution in [-0.4, -0.2) is 37.0 Å². The summed E-state index contributed by atoms with van der Waals surface area (Å²) in [5, 5.41) is 3.14. The third-order valence-corrected chi connectivity index (χ3v) is 7.95. The number of allylic oxidation sites excluding steroid dienone is 3. The molecule has 5 nitrogen and oxygen atoms in total. The molecule has 1 aliphatic heterocycles. The van der Waals surface area contributed by atoms with Gasteiger partial charge in [-0.05, 0) is 81.1 Å². The smallest absolute Gasteiger partial charge is 0.255 e. The van der Waals surface area contributed by atoms with Crippen molar-refractivity contribution in [2.45, 2.75) is 54.0 Å². The fourth-order valence-corrected chi connectivity index (χ4v) is 5.16. The summed E-state index contributed by atoms with van der Waals surface area (Å²) in [4.78, 5) is 18.3. The number of hydrogen-bond acceptors (Lipinski definition) is 4. The number of carbonyl (C=O) groups excluding carboxylic acids is 1. The molecule has 0 atom stereocenters. The molecule has 1 fully saturated rings. The number of nitrogens with zero attached hydrogens (tertiary/aromatic N) is 2. The average Bonchev–Trinajstić information content (AvgIpc) is 2.97. The van der Waals surface area contributed by atoms with Gasteiger partial charge >= 0.3 is 0 Å². The lowest BCUT2D eigenvalue weighted by Crippen LogP contribution is -2.46. The number of nitrogens with two attached hydrogens (primary N) is 1. The van der Waals surface area contributed by atoms with Gasteiger partial charge in [0.1, 0.15) is 0 Å². The number of carbonyl (C=O) groups is 1. The van der Waals surface area contributed by atoms with Crippen molar-refractivity contribution in [1.29, 1.82) is 0 Å². The maximum absolute atomic E-state index is 13.5. The molecule has 1 amide bonds. The Morgan fingerprint density at radius 1 is 0.925 bits per heavy atom. The Balaban J connectivity index is 1.45. The number of anilines is 2. The van der Waals surface area contributed by atoms with Gasteiger partial charge in [0.05, 0.1) is 0 Å². The average molecular weight is 537 g/mol. The Labute approximate surface area is 240 Å². The molecule has 1 saturated heterocycles. The number of nitrogens with one attached hydrogen (secondary N) is 1. The predicted octanol–water partition coefficient (Wildman–Crippen LogP) is 7.31. The summed E-state index contributed by atoms with van der Waals surface area (Å²) in [6, 6.07) is 22.7. The second kappa shape index (κ2) is 13.5. The first kappa shape index (κ1) is 29.2. The maximum atomic E-state index is 13.5. The zero-order chi connectivity index (χ0) is 28.6. The molecule has 1 heterocycles. The van der Waals surface area contributed by atoms with Crippen LogP contribution < -0.4 is 16.0 Å². The fraction of sp³-hybridized carbons (Fsp3) is 0.343. The molecule has 0 aliphatic carbocycles. The minimum absolute atomic E-state index is 0.0954. The van der Waals surface area contributed by atoms with Crippen molar-refractivity contribution >= 4 is 23.0 Å². The van der Waals surface area contributed by atoms with Crippen molar-refractivity contribution in [3.63, 3.8) is 0 Å². The number of benzene rings is 3. The summed E-state index contributed by atoms with van der Waals surface area (Å²) < 4.78 is 0. The highest BCUT2D eigenvalue weighted by Gasteiger charge is 2.20. The number of rotatable bonds is 9. The van der Waals surface area contributed by atoms with Gasteiger partial charge in [-0.1, -0.05) is 67.0 Å². The third kappa shape index (κ3) is 7.22. The van der Waals surface area contributed by atoms with E-state index in [9.17, 15) is 4.79 Å². The van der Waals surface area contributed by atoms with Crippen LogP contribution in [0.15, 0.2) is 84.0 Å². The molecule has 0 bridgehead atoms. The van der Waals surface area contributed by atoms with Crippen molar-refractivity contribution in [3.05, 3.63) is 112 Å². The molecule has 5 heteroatoms. The first-order chi connectivity index (χ1) is 19.3. The Bertz CT molecular complexity index is 1380. The lowest BCUT2D eigenvalue weighted by molar-refractivity contribution is 0.102. The van der Waals surface area contributed by atoms with E-state index < -0.39 is 0 Å². The molecular weight excluding hydrogens is 492 g/mol. The van der Waals surface area contributed by atoms with Crippen LogP contribution in [0, 0.1) is 13.8 Å². The summed E-state index contributed by atoms with van der Waals surface area (Å²) in [7, 11) is 0. The second-order valence-corrected chi connectivity index (χ2v) is 11.0. The van der Waals surface area contributed by atoms with Crippen molar-refractivity contribution < 1.29 is 4.79 Å². The number of hydrogen-bond donors (Lipinski definition) is 2. The van der Waals surface area contributed by atoms with E-state index >= 15 is 0 Å². The second-order valence-electron chi connectivity index (χ2n) is 11.0.